The van der Waals surface area contributed by atoms with Crippen molar-refractivity contribution in [1.29, 1.82) is 0 Å². The lowest BCUT2D eigenvalue weighted by Gasteiger charge is -2.25. The zero-order valence-corrected chi connectivity index (χ0v) is 15.5. The normalized spacial score (nSPS) is 14.0. The smallest absolute Gasteiger partial charge is 0.270 e. The Morgan fingerprint density at radius 3 is 2.93 bits per heavy atom. The Labute approximate surface area is 156 Å². The molecule has 3 heterocycles. The molecule has 1 aliphatic heterocycles. The summed E-state index contributed by atoms with van der Waals surface area (Å²) < 4.78 is 5.78. The molecule has 27 heavy (non-hydrogen) atoms. The Morgan fingerprint density at radius 2 is 2.11 bits per heavy atom. The van der Waals surface area contributed by atoms with Gasteiger partial charge in [-0.25, -0.2) is 9.97 Å². The van der Waals surface area contributed by atoms with E-state index in [4.69, 9.17) is 4.42 Å². The highest BCUT2D eigenvalue weighted by molar-refractivity contribution is 5.77. The van der Waals surface area contributed by atoms with Crippen LogP contribution in [-0.2, 0) is 24.2 Å². The number of carbonyl (C=O) groups excluding carboxylic acids is 1. The van der Waals surface area contributed by atoms with E-state index in [0.717, 1.165) is 22.9 Å². The number of nitrogens with one attached hydrogen (secondary N) is 1. The number of aryl methyl sites for hydroxylation is 1. The number of hydrogen-bond donors (Lipinski definition) is 1. The minimum atomic E-state index is -0.236. The monoisotopic (exact) mass is 366 g/mol. The van der Waals surface area contributed by atoms with E-state index in [-0.39, 0.29) is 23.8 Å². The topological polar surface area (TPSA) is 92.1 Å². The van der Waals surface area contributed by atoms with Crippen LogP contribution in [0.2, 0.25) is 0 Å². The number of amides is 1. The summed E-state index contributed by atoms with van der Waals surface area (Å²) in [5.74, 6) is 1.84. The summed E-state index contributed by atoms with van der Waals surface area (Å²) in [5.41, 5.74) is 2.43. The Balaban J connectivity index is 1.44. The summed E-state index contributed by atoms with van der Waals surface area (Å²) in [6.45, 7) is 5.15. The molecule has 140 valence electrons. The Kier molecular flexibility index (Phi) is 4.51. The number of nitrogens with zero attached hydrogens (tertiary/aromatic N) is 3. The van der Waals surface area contributed by atoms with Crippen molar-refractivity contribution in [3.05, 3.63) is 57.7 Å². The second-order valence-electron chi connectivity index (χ2n) is 7.17. The third kappa shape index (κ3) is 3.49. The Bertz CT molecular complexity index is 1050. The van der Waals surface area contributed by atoms with Crippen molar-refractivity contribution in [2.24, 2.45) is 0 Å². The van der Waals surface area contributed by atoms with Crippen LogP contribution in [0.15, 0.2) is 33.5 Å². The van der Waals surface area contributed by atoms with E-state index in [9.17, 15) is 9.59 Å². The van der Waals surface area contributed by atoms with E-state index in [2.05, 4.69) is 15.0 Å². The molecule has 1 N–H and O–H groups in total. The zero-order chi connectivity index (χ0) is 19.0. The van der Waals surface area contributed by atoms with E-state index in [1.807, 2.05) is 38.1 Å². The maximum Gasteiger partial charge on any atom is 0.270 e. The standard InChI is InChI=1S/C20H22N4O3/c1-12(2)20-23-16-11-24(10-9-17(16)27-20)18(25)8-7-15-19(26)22-14-6-4-3-5-13(14)21-15/h3-6,12H,7-11H2,1-2H3,(H,22,26). The van der Waals surface area contributed by atoms with Crippen molar-refractivity contribution in [2.45, 2.75) is 45.6 Å². The molecular weight excluding hydrogens is 344 g/mol. The molecule has 0 spiro atoms. The van der Waals surface area contributed by atoms with E-state index >= 15 is 0 Å². The average Bonchev–Trinajstić information content (AvgIpc) is 3.09. The maximum absolute atomic E-state index is 12.6. The number of fused-ring (bicyclic) bond motifs is 2. The van der Waals surface area contributed by atoms with E-state index in [1.165, 1.54) is 0 Å². The number of aromatic nitrogens is 3. The van der Waals surface area contributed by atoms with Gasteiger partial charge in [0.25, 0.3) is 5.56 Å². The Hall–Kier alpha value is -2.96. The number of aromatic amines is 1. The van der Waals surface area contributed by atoms with Crippen LogP contribution >= 0.6 is 0 Å². The lowest BCUT2D eigenvalue weighted by atomic mass is 10.1. The van der Waals surface area contributed by atoms with Crippen molar-refractivity contribution in [3.63, 3.8) is 0 Å². The first-order chi connectivity index (χ1) is 13.0. The van der Waals surface area contributed by atoms with Gasteiger partial charge < -0.3 is 14.3 Å². The molecule has 0 saturated heterocycles. The highest BCUT2D eigenvalue weighted by Crippen LogP contribution is 2.24. The van der Waals surface area contributed by atoms with Gasteiger partial charge in [0, 0.05) is 31.7 Å². The molecule has 7 heteroatoms. The fourth-order valence-electron chi connectivity index (χ4n) is 3.30. The molecule has 0 saturated carbocycles. The van der Waals surface area contributed by atoms with Crippen LogP contribution in [0.5, 0.6) is 0 Å². The van der Waals surface area contributed by atoms with Gasteiger partial charge in [-0.1, -0.05) is 26.0 Å². The molecule has 2 aromatic heterocycles. The summed E-state index contributed by atoms with van der Waals surface area (Å²) in [6.07, 6.45) is 1.24. The highest BCUT2D eigenvalue weighted by atomic mass is 16.4. The van der Waals surface area contributed by atoms with Crippen molar-refractivity contribution in [1.82, 2.24) is 19.9 Å². The molecule has 0 fully saturated rings. The molecule has 0 bridgehead atoms. The van der Waals surface area contributed by atoms with Crippen molar-refractivity contribution in [2.75, 3.05) is 6.54 Å². The predicted octanol–water partition coefficient (Wildman–Crippen LogP) is 2.55. The third-order valence-corrected chi connectivity index (χ3v) is 4.84. The average molecular weight is 366 g/mol. The Morgan fingerprint density at radius 1 is 1.30 bits per heavy atom. The first-order valence-corrected chi connectivity index (χ1v) is 9.25. The van der Waals surface area contributed by atoms with E-state index in [0.29, 0.717) is 37.1 Å². The number of rotatable bonds is 4. The molecule has 1 aliphatic rings. The summed E-state index contributed by atoms with van der Waals surface area (Å²) in [6, 6.07) is 7.38. The number of hydrogen-bond acceptors (Lipinski definition) is 5. The summed E-state index contributed by atoms with van der Waals surface area (Å²) in [4.78, 5) is 38.3. The first kappa shape index (κ1) is 17.5. The summed E-state index contributed by atoms with van der Waals surface area (Å²) >= 11 is 0. The maximum atomic E-state index is 12.6. The lowest BCUT2D eigenvalue weighted by Crippen LogP contribution is -2.36. The van der Waals surface area contributed by atoms with Crippen LogP contribution in [0, 0.1) is 0 Å². The van der Waals surface area contributed by atoms with Gasteiger partial charge in [-0.15, -0.1) is 0 Å². The minimum absolute atomic E-state index is 0.00380. The van der Waals surface area contributed by atoms with Gasteiger partial charge in [0.2, 0.25) is 5.91 Å². The largest absolute Gasteiger partial charge is 0.445 e. The second-order valence-corrected chi connectivity index (χ2v) is 7.17. The quantitative estimate of drug-likeness (QED) is 0.766. The van der Waals surface area contributed by atoms with E-state index in [1.54, 1.807) is 4.90 Å². The summed E-state index contributed by atoms with van der Waals surface area (Å²) in [5, 5.41) is 0. The molecule has 0 radical (unpaired) electrons. The van der Waals surface area contributed by atoms with Crippen LogP contribution < -0.4 is 5.56 Å². The molecule has 4 rings (SSSR count). The van der Waals surface area contributed by atoms with Crippen LogP contribution in [0.1, 0.15) is 49.2 Å². The predicted molar refractivity (Wildman–Crippen MR) is 100 cm³/mol. The molecule has 3 aromatic rings. The number of oxazole rings is 1. The van der Waals surface area contributed by atoms with E-state index < -0.39 is 0 Å². The van der Waals surface area contributed by atoms with Crippen molar-refractivity contribution < 1.29 is 9.21 Å². The molecular formula is C20H22N4O3. The molecule has 7 nitrogen and oxygen atoms in total. The van der Waals surface area contributed by atoms with Crippen LogP contribution in [0.25, 0.3) is 11.0 Å². The molecule has 0 atom stereocenters. The van der Waals surface area contributed by atoms with Crippen molar-refractivity contribution in [3.8, 4) is 0 Å². The van der Waals surface area contributed by atoms with Crippen molar-refractivity contribution >= 4 is 16.9 Å². The molecule has 0 aliphatic carbocycles. The minimum Gasteiger partial charge on any atom is -0.445 e. The fourth-order valence-corrected chi connectivity index (χ4v) is 3.30. The third-order valence-electron chi connectivity index (χ3n) is 4.84. The van der Waals surface area contributed by atoms with Gasteiger partial charge >= 0.3 is 0 Å². The van der Waals surface area contributed by atoms with Crippen LogP contribution in [0.3, 0.4) is 0 Å². The fraction of sp³-hybridized carbons (Fsp3) is 0.400. The number of carbonyl (C=O) groups is 1. The number of H-pyrrole nitrogens is 1. The summed E-state index contributed by atoms with van der Waals surface area (Å²) in [7, 11) is 0. The van der Waals surface area contributed by atoms with Gasteiger partial charge in [0.15, 0.2) is 5.89 Å². The molecule has 1 aromatic carbocycles. The zero-order valence-electron chi connectivity index (χ0n) is 15.5. The highest BCUT2D eigenvalue weighted by Gasteiger charge is 2.26. The van der Waals surface area contributed by atoms with Gasteiger partial charge in [-0.2, -0.15) is 0 Å². The van der Waals surface area contributed by atoms with Crippen LogP contribution in [-0.4, -0.2) is 32.3 Å². The van der Waals surface area contributed by atoms with Gasteiger partial charge in [0.1, 0.15) is 17.1 Å². The number of benzene rings is 1. The first-order valence-electron chi connectivity index (χ1n) is 9.25. The number of para-hydroxylation sites is 2. The SMILES string of the molecule is CC(C)c1nc2c(o1)CCN(C(=O)CCc1nc3ccccc3[nH]c1=O)C2. The second kappa shape index (κ2) is 6.98. The molecule has 0 unspecified atom stereocenters. The van der Waals surface area contributed by atoms with Gasteiger partial charge in [-0.05, 0) is 12.1 Å². The van der Waals surface area contributed by atoms with Crippen LogP contribution in [0.4, 0.5) is 0 Å². The van der Waals surface area contributed by atoms with Gasteiger partial charge in [0.05, 0.1) is 17.6 Å². The molecule has 1 amide bonds. The van der Waals surface area contributed by atoms with Gasteiger partial charge in [-0.3, -0.25) is 9.59 Å². The lowest BCUT2D eigenvalue weighted by molar-refractivity contribution is -0.132.